The molecule has 122 valence electrons. The highest BCUT2D eigenvalue weighted by Gasteiger charge is 2.20. The van der Waals surface area contributed by atoms with E-state index < -0.39 is 17.7 Å². The number of aromatic carboxylic acids is 1. The second-order valence-corrected chi connectivity index (χ2v) is 6.13. The predicted molar refractivity (Wildman–Crippen MR) is 83.8 cm³/mol. The Hall–Kier alpha value is -2.54. The number of rotatable bonds is 3. The molecule has 0 aliphatic rings. The van der Waals surface area contributed by atoms with Gasteiger partial charge in [-0.15, -0.1) is 0 Å². The number of carboxylic acid groups (broad SMARTS) is 1. The van der Waals surface area contributed by atoms with Crippen molar-refractivity contribution >= 4 is 29.4 Å². The number of halogens is 1. The van der Waals surface area contributed by atoms with E-state index in [2.05, 4.69) is 10.5 Å². The summed E-state index contributed by atoms with van der Waals surface area (Å²) in [4.78, 5) is 22.8. The molecule has 1 heterocycles. The van der Waals surface area contributed by atoms with E-state index >= 15 is 0 Å². The molecule has 1 aromatic heterocycles. The van der Waals surface area contributed by atoms with Crippen LogP contribution in [0.3, 0.4) is 0 Å². The third kappa shape index (κ3) is 4.46. The first-order valence-corrected chi connectivity index (χ1v) is 7.03. The van der Waals surface area contributed by atoms with Gasteiger partial charge in [0.05, 0.1) is 5.69 Å². The van der Waals surface area contributed by atoms with Gasteiger partial charge in [0.15, 0.2) is 0 Å². The number of benzene rings is 1. The minimum atomic E-state index is -1.24. The van der Waals surface area contributed by atoms with Crippen molar-refractivity contribution in [2.24, 2.45) is 0 Å². The maximum Gasteiger partial charge on any atom is 0.412 e. The third-order valence-electron chi connectivity index (χ3n) is 2.61. The van der Waals surface area contributed by atoms with E-state index in [0.717, 1.165) is 0 Å². The number of hydrogen-bond acceptors (Lipinski definition) is 5. The second-order valence-electron chi connectivity index (χ2n) is 5.70. The Kier molecular flexibility index (Phi) is 4.60. The summed E-state index contributed by atoms with van der Waals surface area (Å²) in [7, 11) is 0. The molecule has 0 aliphatic carbocycles. The van der Waals surface area contributed by atoms with Crippen LogP contribution in [0.5, 0.6) is 0 Å². The topological polar surface area (TPSA) is 102 Å². The first-order chi connectivity index (χ1) is 10.7. The number of anilines is 1. The molecule has 0 unspecified atom stereocenters. The zero-order valence-electron chi connectivity index (χ0n) is 12.7. The van der Waals surface area contributed by atoms with E-state index in [0.29, 0.717) is 16.3 Å². The molecule has 23 heavy (non-hydrogen) atoms. The molecule has 1 amide bonds. The molecule has 2 N–H and O–H groups in total. The van der Waals surface area contributed by atoms with Gasteiger partial charge in [0.1, 0.15) is 11.3 Å². The quantitative estimate of drug-likeness (QED) is 0.875. The monoisotopic (exact) mass is 338 g/mol. The molecule has 0 radical (unpaired) electrons. The maximum atomic E-state index is 11.9. The Bertz CT molecular complexity index is 749. The lowest BCUT2D eigenvalue weighted by Gasteiger charge is -2.20. The van der Waals surface area contributed by atoms with Gasteiger partial charge in [-0.05, 0) is 39.0 Å². The number of aromatic nitrogens is 1. The minimum absolute atomic E-state index is 0.232. The number of ether oxygens (including phenoxy) is 1. The van der Waals surface area contributed by atoms with Crippen molar-refractivity contribution in [2.45, 2.75) is 26.4 Å². The summed E-state index contributed by atoms with van der Waals surface area (Å²) in [5.41, 5.74) is 0.366. The number of nitrogens with zero attached hydrogens (tertiary/aromatic N) is 1. The van der Waals surface area contributed by atoms with Crippen LogP contribution in [-0.4, -0.2) is 27.9 Å². The average Bonchev–Trinajstić information content (AvgIpc) is 2.88. The summed E-state index contributed by atoms with van der Waals surface area (Å²) in [6.07, 6.45) is -0.650. The Labute approximate surface area is 137 Å². The van der Waals surface area contributed by atoms with Crippen LogP contribution >= 0.6 is 11.6 Å². The van der Waals surface area contributed by atoms with Crippen LogP contribution in [-0.2, 0) is 4.74 Å². The van der Waals surface area contributed by atoms with E-state index in [1.54, 1.807) is 32.9 Å². The van der Waals surface area contributed by atoms with E-state index in [1.165, 1.54) is 12.1 Å². The standard InChI is InChI=1S/C15H15ClN2O5/c1-15(2,3)22-14(21)17-10-5-4-8(16)6-9(10)11-7-12(13(19)20)23-18-11/h4-7H,1-3H3,(H,17,21)(H,19,20). The van der Waals surface area contributed by atoms with Crippen molar-refractivity contribution in [3.8, 4) is 11.3 Å². The lowest BCUT2D eigenvalue weighted by molar-refractivity contribution is 0.0631. The molecular formula is C15H15ClN2O5. The zero-order valence-corrected chi connectivity index (χ0v) is 13.5. The van der Waals surface area contributed by atoms with Crippen LogP contribution in [0.2, 0.25) is 5.02 Å². The molecule has 7 nitrogen and oxygen atoms in total. The fourth-order valence-electron chi connectivity index (χ4n) is 1.75. The predicted octanol–water partition coefficient (Wildman–Crippen LogP) is 4.04. The van der Waals surface area contributed by atoms with Crippen molar-refractivity contribution in [2.75, 3.05) is 5.32 Å². The van der Waals surface area contributed by atoms with Gasteiger partial charge in [0.2, 0.25) is 5.76 Å². The fourth-order valence-corrected chi connectivity index (χ4v) is 1.93. The number of carbonyl (C=O) groups is 2. The summed E-state index contributed by atoms with van der Waals surface area (Å²) in [5, 5.41) is 15.6. The first kappa shape index (κ1) is 16.8. The van der Waals surface area contributed by atoms with Crippen molar-refractivity contribution in [1.82, 2.24) is 5.16 Å². The summed E-state index contributed by atoms with van der Waals surface area (Å²) in [6, 6.07) is 5.93. The lowest BCUT2D eigenvalue weighted by Crippen LogP contribution is -2.27. The van der Waals surface area contributed by atoms with Crippen LogP contribution in [0.15, 0.2) is 28.8 Å². The molecule has 8 heteroatoms. The van der Waals surface area contributed by atoms with Crippen LogP contribution in [0.25, 0.3) is 11.3 Å². The molecule has 1 aromatic carbocycles. The average molecular weight is 339 g/mol. The molecule has 2 aromatic rings. The van der Waals surface area contributed by atoms with Gasteiger partial charge in [0.25, 0.3) is 0 Å². The van der Waals surface area contributed by atoms with Gasteiger partial charge >= 0.3 is 12.1 Å². The van der Waals surface area contributed by atoms with Gasteiger partial charge in [-0.1, -0.05) is 16.8 Å². The maximum absolute atomic E-state index is 11.9. The van der Waals surface area contributed by atoms with Crippen molar-refractivity contribution in [1.29, 1.82) is 0 Å². The molecule has 2 rings (SSSR count). The largest absolute Gasteiger partial charge is 0.475 e. The number of amides is 1. The third-order valence-corrected chi connectivity index (χ3v) is 2.85. The van der Waals surface area contributed by atoms with Crippen molar-refractivity contribution in [3.05, 3.63) is 35.0 Å². The number of carboxylic acids is 1. The number of hydrogen-bond donors (Lipinski definition) is 2. The lowest BCUT2D eigenvalue weighted by atomic mass is 10.1. The van der Waals surface area contributed by atoms with Crippen LogP contribution in [0.4, 0.5) is 10.5 Å². The van der Waals surface area contributed by atoms with Crippen LogP contribution in [0.1, 0.15) is 31.3 Å². The van der Waals surface area contributed by atoms with Gasteiger partial charge in [-0.25, -0.2) is 9.59 Å². The normalized spacial score (nSPS) is 11.1. The van der Waals surface area contributed by atoms with E-state index in [1.807, 2.05) is 0 Å². The second kappa shape index (κ2) is 6.29. The summed E-state index contributed by atoms with van der Waals surface area (Å²) < 4.78 is 9.91. The Morgan fingerprint density at radius 3 is 2.57 bits per heavy atom. The SMILES string of the molecule is CC(C)(C)OC(=O)Nc1ccc(Cl)cc1-c1cc(C(=O)O)on1. The summed E-state index contributed by atoms with van der Waals surface area (Å²) in [5.74, 6) is -1.56. The first-order valence-electron chi connectivity index (χ1n) is 6.65. The zero-order chi connectivity index (χ0) is 17.2. The Morgan fingerprint density at radius 1 is 1.30 bits per heavy atom. The molecule has 0 saturated heterocycles. The highest BCUT2D eigenvalue weighted by atomic mass is 35.5. The highest BCUT2D eigenvalue weighted by molar-refractivity contribution is 6.31. The van der Waals surface area contributed by atoms with Gasteiger partial charge in [0, 0.05) is 16.7 Å². The molecule has 0 fully saturated rings. The summed E-state index contributed by atoms with van der Waals surface area (Å²) in [6.45, 7) is 5.23. The molecule has 0 saturated carbocycles. The van der Waals surface area contributed by atoms with Crippen molar-refractivity contribution in [3.63, 3.8) is 0 Å². The Balaban J connectivity index is 2.33. The van der Waals surface area contributed by atoms with Crippen LogP contribution in [0, 0.1) is 0 Å². The van der Waals surface area contributed by atoms with E-state index in [4.69, 9.17) is 26.0 Å². The molecule has 0 bridgehead atoms. The van der Waals surface area contributed by atoms with E-state index in [9.17, 15) is 9.59 Å². The highest BCUT2D eigenvalue weighted by Crippen LogP contribution is 2.31. The van der Waals surface area contributed by atoms with Crippen LogP contribution < -0.4 is 5.32 Å². The number of carbonyl (C=O) groups excluding carboxylic acids is 1. The van der Waals surface area contributed by atoms with Crippen molar-refractivity contribution < 1.29 is 24.0 Å². The summed E-state index contributed by atoms with van der Waals surface area (Å²) >= 11 is 5.96. The molecule has 0 spiro atoms. The smallest absolute Gasteiger partial charge is 0.412 e. The van der Waals surface area contributed by atoms with Gasteiger partial charge in [-0.2, -0.15) is 0 Å². The molecule has 0 aliphatic heterocycles. The van der Waals surface area contributed by atoms with E-state index in [-0.39, 0.29) is 11.5 Å². The molecule has 0 atom stereocenters. The van der Waals surface area contributed by atoms with Gasteiger partial charge < -0.3 is 14.4 Å². The molecular weight excluding hydrogens is 324 g/mol. The Morgan fingerprint density at radius 2 is 2.00 bits per heavy atom. The van der Waals surface area contributed by atoms with Gasteiger partial charge in [-0.3, -0.25) is 5.32 Å². The minimum Gasteiger partial charge on any atom is -0.475 e. The number of nitrogens with one attached hydrogen (secondary N) is 1. The fraction of sp³-hybridized carbons (Fsp3) is 0.267.